The van der Waals surface area contributed by atoms with E-state index in [1.807, 2.05) is 13.8 Å². The summed E-state index contributed by atoms with van der Waals surface area (Å²) < 4.78 is 1.55. The van der Waals surface area contributed by atoms with Gasteiger partial charge in [-0.05, 0) is 29.5 Å². The molecule has 1 aromatic heterocycles. The van der Waals surface area contributed by atoms with Crippen molar-refractivity contribution in [3.05, 3.63) is 51.9 Å². The van der Waals surface area contributed by atoms with Gasteiger partial charge in [-0.25, -0.2) is 0 Å². The smallest absolute Gasteiger partial charge is 0.229 e. The Balaban J connectivity index is 1.87. The summed E-state index contributed by atoms with van der Waals surface area (Å²) in [6.07, 6.45) is -3.91. The summed E-state index contributed by atoms with van der Waals surface area (Å²) in [5.74, 6) is 0.241. The average molecular weight is 449 g/mol. The van der Waals surface area contributed by atoms with Crippen LogP contribution in [0, 0.1) is 5.41 Å². The van der Waals surface area contributed by atoms with Gasteiger partial charge in [-0.2, -0.15) is 0 Å². The van der Waals surface area contributed by atoms with Crippen LogP contribution in [-0.2, 0) is 4.79 Å². The second kappa shape index (κ2) is 7.99. The predicted molar refractivity (Wildman–Crippen MR) is 112 cm³/mol. The second-order valence-electron chi connectivity index (χ2n) is 8.85. The SMILES string of the molecule is CC1(C)CC(=O)C2=C(C1)Nc1nnc([C@@H](O)[C@@H](O)[C@H](O)CO)n1C2c1ccc(Cl)cc1. The van der Waals surface area contributed by atoms with Crippen LogP contribution in [0.2, 0.25) is 5.02 Å². The number of fused-ring (bicyclic) bond motifs is 1. The summed E-state index contributed by atoms with van der Waals surface area (Å²) in [6, 6.07) is 6.34. The van der Waals surface area contributed by atoms with Gasteiger partial charge in [-0.15, -0.1) is 10.2 Å². The number of benzene rings is 1. The van der Waals surface area contributed by atoms with Crippen molar-refractivity contribution in [2.24, 2.45) is 5.41 Å². The molecule has 4 rings (SSSR count). The van der Waals surface area contributed by atoms with Crippen LogP contribution >= 0.6 is 11.6 Å². The van der Waals surface area contributed by atoms with Crippen LogP contribution in [0.4, 0.5) is 5.95 Å². The van der Waals surface area contributed by atoms with Gasteiger partial charge >= 0.3 is 0 Å². The Morgan fingerprint density at radius 3 is 2.52 bits per heavy atom. The first-order valence-electron chi connectivity index (χ1n) is 10.0. The van der Waals surface area contributed by atoms with E-state index in [1.54, 1.807) is 28.8 Å². The number of Topliss-reactive ketones (excluding diaryl/α,β-unsaturated/α-hetero) is 1. The fourth-order valence-electron chi connectivity index (χ4n) is 4.30. The average Bonchev–Trinajstić information content (AvgIpc) is 3.13. The molecule has 0 amide bonds. The van der Waals surface area contributed by atoms with Crippen LogP contribution in [0.25, 0.3) is 0 Å². The lowest BCUT2D eigenvalue weighted by atomic mass is 9.73. The van der Waals surface area contributed by atoms with Crippen LogP contribution in [-0.4, -0.2) is 59.8 Å². The highest BCUT2D eigenvalue weighted by atomic mass is 35.5. The summed E-state index contributed by atoms with van der Waals surface area (Å²) in [5.41, 5.74) is 1.80. The predicted octanol–water partition coefficient (Wildman–Crippen LogP) is 1.34. The molecule has 0 saturated heterocycles. The number of rotatable bonds is 5. The monoisotopic (exact) mass is 448 g/mol. The lowest BCUT2D eigenvalue weighted by Gasteiger charge is -2.39. The van der Waals surface area contributed by atoms with E-state index in [-0.39, 0.29) is 17.0 Å². The summed E-state index contributed by atoms with van der Waals surface area (Å²) in [5, 5.41) is 51.7. The first kappa shape index (κ1) is 21.9. The molecule has 0 radical (unpaired) electrons. The van der Waals surface area contributed by atoms with Crippen molar-refractivity contribution in [1.29, 1.82) is 0 Å². The van der Waals surface area contributed by atoms with Gasteiger partial charge in [0, 0.05) is 22.7 Å². The number of nitrogens with zero attached hydrogens (tertiary/aromatic N) is 3. The Morgan fingerprint density at radius 2 is 1.87 bits per heavy atom. The molecule has 1 aromatic carbocycles. The Hall–Kier alpha value is -2.30. The highest BCUT2D eigenvalue weighted by molar-refractivity contribution is 6.30. The molecule has 166 valence electrons. The van der Waals surface area contributed by atoms with Crippen LogP contribution in [0.5, 0.6) is 0 Å². The first-order valence-corrected chi connectivity index (χ1v) is 10.4. The fourth-order valence-corrected chi connectivity index (χ4v) is 4.43. The molecule has 0 spiro atoms. The zero-order chi connectivity index (χ0) is 22.5. The molecule has 2 heterocycles. The van der Waals surface area contributed by atoms with Gasteiger partial charge in [0.15, 0.2) is 11.6 Å². The van der Waals surface area contributed by atoms with Crippen molar-refractivity contribution >= 4 is 23.3 Å². The molecule has 9 nitrogen and oxygen atoms in total. The number of anilines is 1. The van der Waals surface area contributed by atoms with Gasteiger partial charge in [0.25, 0.3) is 0 Å². The minimum absolute atomic E-state index is 0.0329. The van der Waals surface area contributed by atoms with E-state index in [2.05, 4.69) is 15.5 Å². The van der Waals surface area contributed by atoms with Crippen molar-refractivity contribution < 1.29 is 25.2 Å². The number of aromatic nitrogens is 3. The highest BCUT2D eigenvalue weighted by Gasteiger charge is 2.43. The molecule has 1 aliphatic carbocycles. The largest absolute Gasteiger partial charge is 0.394 e. The summed E-state index contributed by atoms with van der Waals surface area (Å²) in [7, 11) is 0. The second-order valence-corrected chi connectivity index (χ2v) is 9.29. The van der Waals surface area contributed by atoms with E-state index in [9.17, 15) is 20.1 Å². The summed E-state index contributed by atoms with van der Waals surface area (Å²) in [6.45, 7) is 3.31. The molecule has 0 bridgehead atoms. The third-order valence-electron chi connectivity index (χ3n) is 5.79. The minimum atomic E-state index is -1.69. The van der Waals surface area contributed by atoms with Crippen molar-refractivity contribution in [2.75, 3.05) is 11.9 Å². The maximum absolute atomic E-state index is 13.2. The molecule has 31 heavy (non-hydrogen) atoms. The molecule has 5 N–H and O–H groups in total. The fraction of sp³-hybridized carbons (Fsp3) is 0.476. The summed E-state index contributed by atoms with van der Waals surface area (Å²) >= 11 is 6.06. The molecule has 10 heteroatoms. The number of allylic oxidation sites excluding steroid dienone is 2. The van der Waals surface area contributed by atoms with E-state index >= 15 is 0 Å². The molecule has 0 saturated carbocycles. The standard InChI is InChI=1S/C21H25ClN4O5/c1-21(2)7-12-15(13(28)8-21)16(10-3-5-11(22)6-4-10)26-19(24-25-20(26)23-12)18(31)17(30)14(29)9-27/h3-6,14,16-18,27,29-31H,7-9H2,1-2H3,(H,23,25)/t14-,16?,17+,18+/m1/s1. The Kier molecular flexibility index (Phi) is 5.65. The van der Waals surface area contributed by atoms with E-state index in [0.717, 1.165) is 11.3 Å². The van der Waals surface area contributed by atoms with Crippen molar-refractivity contribution in [3.8, 4) is 0 Å². The molecule has 1 unspecified atom stereocenters. The van der Waals surface area contributed by atoms with Gasteiger partial charge in [-0.3, -0.25) is 9.36 Å². The minimum Gasteiger partial charge on any atom is -0.394 e. The van der Waals surface area contributed by atoms with Gasteiger partial charge < -0.3 is 25.7 Å². The number of aliphatic hydroxyl groups excluding tert-OH is 4. The van der Waals surface area contributed by atoms with Crippen LogP contribution in [0.15, 0.2) is 35.5 Å². The number of carbonyl (C=O) groups excluding carboxylic acids is 1. The van der Waals surface area contributed by atoms with Crippen molar-refractivity contribution in [1.82, 2.24) is 14.8 Å². The molecule has 1 aliphatic heterocycles. The third-order valence-corrected chi connectivity index (χ3v) is 6.04. The van der Waals surface area contributed by atoms with Gasteiger partial charge in [-0.1, -0.05) is 37.6 Å². The molecule has 4 atom stereocenters. The van der Waals surface area contributed by atoms with Crippen LogP contribution in [0.3, 0.4) is 0 Å². The Labute approximate surface area is 184 Å². The third kappa shape index (κ3) is 3.88. The quantitative estimate of drug-likeness (QED) is 0.461. The Bertz CT molecular complexity index is 1030. The van der Waals surface area contributed by atoms with E-state index in [4.69, 9.17) is 16.7 Å². The van der Waals surface area contributed by atoms with E-state index in [0.29, 0.717) is 29.4 Å². The molecule has 2 aliphatic rings. The Morgan fingerprint density at radius 1 is 1.19 bits per heavy atom. The van der Waals surface area contributed by atoms with Crippen LogP contribution < -0.4 is 5.32 Å². The maximum Gasteiger partial charge on any atom is 0.229 e. The number of carbonyl (C=O) groups is 1. The number of ketones is 1. The van der Waals surface area contributed by atoms with E-state index < -0.39 is 31.0 Å². The normalized spacial score (nSPS) is 22.9. The van der Waals surface area contributed by atoms with E-state index in [1.165, 1.54) is 0 Å². The molecular weight excluding hydrogens is 424 g/mol. The lowest BCUT2D eigenvalue weighted by molar-refractivity contribution is -0.118. The zero-order valence-corrected chi connectivity index (χ0v) is 17.9. The molecule has 2 aromatic rings. The van der Waals surface area contributed by atoms with Crippen molar-refractivity contribution in [3.63, 3.8) is 0 Å². The number of nitrogens with one attached hydrogen (secondary N) is 1. The lowest BCUT2D eigenvalue weighted by Crippen LogP contribution is -2.39. The van der Waals surface area contributed by atoms with Gasteiger partial charge in [0.1, 0.15) is 18.3 Å². The number of aliphatic hydroxyl groups is 4. The number of hydrogen-bond acceptors (Lipinski definition) is 8. The van der Waals surface area contributed by atoms with Crippen LogP contribution in [0.1, 0.15) is 50.2 Å². The van der Waals surface area contributed by atoms with Gasteiger partial charge in [0.05, 0.1) is 12.6 Å². The molecule has 0 fully saturated rings. The molecular formula is C21H25ClN4O5. The topological polar surface area (TPSA) is 141 Å². The zero-order valence-electron chi connectivity index (χ0n) is 17.2. The maximum atomic E-state index is 13.2. The number of halogens is 1. The van der Waals surface area contributed by atoms with Gasteiger partial charge in [0.2, 0.25) is 5.95 Å². The highest BCUT2D eigenvalue weighted by Crippen LogP contribution is 2.46. The first-order chi connectivity index (χ1) is 14.6. The summed E-state index contributed by atoms with van der Waals surface area (Å²) in [4.78, 5) is 13.2. The number of hydrogen-bond donors (Lipinski definition) is 5. The van der Waals surface area contributed by atoms with Crippen molar-refractivity contribution in [2.45, 2.75) is 51.0 Å².